The molecule has 12 heavy (non-hydrogen) atoms. The predicted molar refractivity (Wildman–Crippen MR) is 38.3 cm³/mol. The average molecular weight is 161 g/mol. The van der Waals surface area contributed by atoms with E-state index in [4.69, 9.17) is 4.42 Å². The first-order valence-electron chi connectivity index (χ1n) is 3.36. The molecule has 0 fully saturated rings. The maximum absolute atomic E-state index is 5.19. The molecule has 0 saturated heterocycles. The molecule has 0 aliphatic carbocycles. The van der Waals surface area contributed by atoms with Crippen LogP contribution >= 0.6 is 0 Å². The van der Waals surface area contributed by atoms with Crippen LogP contribution in [0.2, 0.25) is 0 Å². The smallest absolute Gasteiger partial charge is 0.242 e. The highest BCUT2D eigenvalue weighted by atomic mass is 16.3. The fourth-order valence-electron chi connectivity index (χ4n) is 1.12. The van der Waals surface area contributed by atoms with Crippen LogP contribution < -0.4 is 0 Å². The van der Waals surface area contributed by atoms with Crippen molar-refractivity contribution in [2.45, 2.75) is 0 Å². The van der Waals surface area contributed by atoms with Crippen LogP contribution in [0.15, 0.2) is 22.9 Å². The molecule has 0 aliphatic rings. The van der Waals surface area contributed by atoms with Crippen molar-refractivity contribution in [3.8, 4) is 0 Å². The third-order valence-electron chi connectivity index (χ3n) is 1.66. The van der Waals surface area contributed by atoms with E-state index in [1.54, 1.807) is 12.5 Å². The Morgan fingerprint density at radius 1 is 1.42 bits per heavy atom. The zero-order valence-electron chi connectivity index (χ0n) is 5.88. The van der Waals surface area contributed by atoms with E-state index < -0.39 is 0 Å². The summed E-state index contributed by atoms with van der Waals surface area (Å²) in [5.74, 6) is 0. The summed E-state index contributed by atoms with van der Waals surface area (Å²) in [6, 6.07) is 1.82. The van der Waals surface area contributed by atoms with Crippen molar-refractivity contribution in [3.63, 3.8) is 0 Å². The van der Waals surface area contributed by atoms with E-state index in [2.05, 4.69) is 20.6 Å². The zero-order valence-corrected chi connectivity index (χ0v) is 5.88. The van der Waals surface area contributed by atoms with Crippen LogP contribution in [-0.4, -0.2) is 25.3 Å². The molecule has 0 unspecified atom stereocenters. The number of tetrazole rings is 1. The van der Waals surface area contributed by atoms with Gasteiger partial charge in [0, 0.05) is 5.39 Å². The monoisotopic (exact) mass is 161 g/mol. The number of fused-ring (bicyclic) bond motifs is 3. The molecule has 0 bridgehead atoms. The fourth-order valence-corrected chi connectivity index (χ4v) is 1.12. The molecule has 3 aromatic heterocycles. The Bertz CT molecular complexity index is 489. The van der Waals surface area contributed by atoms with E-state index in [9.17, 15) is 0 Å². The van der Waals surface area contributed by atoms with Crippen molar-refractivity contribution in [1.29, 1.82) is 0 Å². The molecule has 0 saturated carbocycles. The topological polar surface area (TPSA) is 69.1 Å². The molecule has 6 heteroatoms. The number of nitrogens with zero attached hydrogens (tertiary/aromatic N) is 5. The van der Waals surface area contributed by atoms with Crippen LogP contribution in [0, 0.1) is 0 Å². The Kier molecular flexibility index (Phi) is 0.840. The van der Waals surface area contributed by atoms with E-state index in [1.807, 2.05) is 6.07 Å². The van der Waals surface area contributed by atoms with E-state index in [-0.39, 0.29) is 0 Å². The Balaban J connectivity index is 2.71. The van der Waals surface area contributed by atoms with Gasteiger partial charge in [-0.1, -0.05) is 0 Å². The number of hydrogen-bond acceptors (Lipinski definition) is 5. The van der Waals surface area contributed by atoms with Gasteiger partial charge in [-0.3, -0.25) is 0 Å². The van der Waals surface area contributed by atoms with Crippen molar-refractivity contribution in [2.24, 2.45) is 0 Å². The molecule has 0 radical (unpaired) electrons. The first-order valence-corrected chi connectivity index (χ1v) is 3.36. The van der Waals surface area contributed by atoms with Gasteiger partial charge in [-0.05, 0) is 16.5 Å². The molecular formula is C6H3N5O. The molecule has 0 aromatic carbocycles. The van der Waals surface area contributed by atoms with Gasteiger partial charge in [-0.15, -0.1) is 9.73 Å². The molecule has 0 atom stereocenters. The fraction of sp³-hybridized carbons (Fsp3) is 0. The van der Waals surface area contributed by atoms with Crippen molar-refractivity contribution in [1.82, 2.24) is 25.3 Å². The molecule has 3 rings (SSSR count). The highest BCUT2D eigenvalue weighted by Crippen LogP contribution is 2.16. The largest absolute Gasteiger partial charge is 0.460 e. The van der Waals surface area contributed by atoms with Crippen LogP contribution in [0.3, 0.4) is 0 Å². The van der Waals surface area contributed by atoms with Gasteiger partial charge in [-0.25, -0.2) is 0 Å². The molecular weight excluding hydrogens is 158 g/mol. The summed E-state index contributed by atoms with van der Waals surface area (Å²) < 4.78 is 6.51. The van der Waals surface area contributed by atoms with E-state index >= 15 is 0 Å². The molecule has 58 valence electrons. The summed E-state index contributed by atoms with van der Waals surface area (Å²) in [4.78, 5) is 0. The molecule has 6 nitrogen and oxygen atoms in total. The lowest BCUT2D eigenvalue weighted by atomic mass is 10.4. The van der Waals surface area contributed by atoms with Crippen LogP contribution in [0.4, 0.5) is 0 Å². The quantitative estimate of drug-likeness (QED) is 0.473. The second kappa shape index (κ2) is 1.79. The molecule has 0 amide bonds. The minimum atomic E-state index is 0.539. The average Bonchev–Trinajstić information content (AvgIpc) is 2.71. The summed E-state index contributed by atoms with van der Waals surface area (Å²) in [6.45, 7) is 0. The minimum Gasteiger partial charge on any atom is -0.460 e. The summed E-state index contributed by atoms with van der Waals surface area (Å²) in [6.07, 6.45) is 3.24. The maximum atomic E-state index is 5.19. The Morgan fingerprint density at radius 2 is 2.42 bits per heavy atom. The van der Waals surface area contributed by atoms with Crippen LogP contribution in [0.25, 0.3) is 16.6 Å². The lowest BCUT2D eigenvalue weighted by molar-refractivity contribution is 0.614. The van der Waals surface area contributed by atoms with Gasteiger partial charge in [0.2, 0.25) is 5.65 Å². The molecule has 3 heterocycles. The number of aromatic nitrogens is 5. The molecule has 0 aliphatic heterocycles. The van der Waals surface area contributed by atoms with Crippen molar-refractivity contribution in [3.05, 3.63) is 18.5 Å². The number of hydrogen-bond donors (Lipinski definition) is 0. The second-order valence-electron chi connectivity index (χ2n) is 2.34. The third-order valence-corrected chi connectivity index (χ3v) is 1.66. The number of rotatable bonds is 0. The van der Waals surface area contributed by atoms with Gasteiger partial charge in [0.1, 0.15) is 0 Å². The van der Waals surface area contributed by atoms with Gasteiger partial charge < -0.3 is 4.42 Å². The summed E-state index contributed by atoms with van der Waals surface area (Å²) in [5.41, 5.74) is 1.20. The molecule has 0 spiro atoms. The lowest BCUT2D eigenvalue weighted by Gasteiger charge is -1.87. The van der Waals surface area contributed by atoms with Crippen molar-refractivity contribution < 1.29 is 4.42 Å². The molecule has 3 aromatic rings. The standard InChI is InChI=1S/C6H3N5O/c1-2-12-5-4(1)3-7-11-6(5)8-9-10-11/h1-3H. The Hall–Kier alpha value is -1.98. The zero-order chi connectivity index (χ0) is 7.97. The first kappa shape index (κ1) is 5.64. The van der Waals surface area contributed by atoms with E-state index in [0.717, 1.165) is 5.39 Å². The van der Waals surface area contributed by atoms with Gasteiger partial charge in [-0.2, -0.15) is 5.10 Å². The SMILES string of the molecule is c1cc2cnn3nnnc3c2o1. The Labute approximate surface area is 65.8 Å². The van der Waals surface area contributed by atoms with Gasteiger partial charge in [0.15, 0.2) is 5.58 Å². The van der Waals surface area contributed by atoms with Crippen molar-refractivity contribution in [2.75, 3.05) is 0 Å². The Morgan fingerprint density at radius 3 is 3.42 bits per heavy atom. The van der Waals surface area contributed by atoms with Crippen LogP contribution in [0.5, 0.6) is 0 Å². The normalized spacial score (nSPS) is 11.3. The first-order chi connectivity index (χ1) is 5.95. The van der Waals surface area contributed by atoms with Crippen LogP contribution in [-0.2, 0) is 0 Å². The number of furan rings is 1. The van der Waals surface area contributed by atoms with Gasteiger partial charge >= 0.3 is 0 Å². The van der Waals surface area contributed by atoms with E-state index in [0.29, 0.717) is 11.2 Å². The van der Waals surface area contributed by atoms with Gasteiger partial charge in [0.25, 0.3) is 0 Å². The van der Waals surface area contributed by atoms with Crippen molar-refractivity contribution >= 4 is 16.6 Å². The van der Waals surface area contributed by atoms with E-state index in [1.165, 1.54) is 4.63 Å². The predicted octanol–water partition coefficient (Wildman–Crippen LogP) is 0.265. The lowest BCUT2D eigenvalue weighted by Crippen LogP contribution is -1.92. The van der Waals surface area contributed by atoms with Crippen LogP contribution in [0.1, 0.15) is 0 Å². The second-order valence-corrected chi connectivity index (χ2v) is 2.34. The molecule has 0 N–H and O–H groups in total. The highest BCUT2D eigenvalue weighted by molar-refractivity contribution is 5.87. The third kappa shape index (κ3) is 0.541. The minimum absolute atomic E-state index is 0.539. The summed E-state index contributed by atoms with van der Waals surface area (Å²) in [5, 5.41) is 15.7. The van der Waals surface area contributed by atoms with Gasteiger partial charge in [0.05, 0.1) is 12.5 Å². The summed E-state index contributed by atoms with van der Waals surface area (Å²) in [7, 11) is 0. The highest BCUT2D eigenvalue weighted by Gasteiger charge is 2.06. The summed E-state index contributed by atoms with van der Waals surface area (Å²) >= 11 is 0. The maximum Gasteiger partial charge on any atom is 0.242 e.